The van der Waals surface area contributed by atoms with Gasteiger partial charge in [0.2, 0.25) is 5.91 Å². The number of amides is 1. The van der Waals surface area contributed by atoms with Crippen LogP contribution in [0.4, 0.5) is 0 Å². The molecule has 1 aliphatic heterocycles. The Balaban J connectivity index is 1.91. The Bertz CT molecular complexity index is 807. The number of hydrogen-bond acceptors (Lipinski definition) is 4. The van der Waals surface area contributed by atoms with Crippen LogP contribution in [0, 0.1) is 0 Å². The molecule has 7 heteroatoms. The van der Waals surface area contributed by atoms with Crippen LogP contribution in [0.5, 0.6) is 0 Å². The predicted molar refractivity (Wildman–Crippen MR) is 93.4 cm³/mol. The highest BCUT2D eigenvalue weighted by Gasteiger charge is 2.37. The summed E-state index contributed by atoms with van der Waals surface area (Å²) in [6.45, 7) is 0.387. The minimum atomic E-state index is -0.565. The second kappa shape index (κ2) is 7.82. The van der Waals surface area contributed by atoms with Crippen LogP contribution in [0.25, 0.3) is 0 Å². The molecule has 2 heterocycles. The van der Waals surface area contributed by atoms with E-state index in [0.29, 0.717) is 18.2 Å². The fourth-order valence-electron chi connectivity index (χ4n) is 3.08. The van der Waals surface area contributed by atoms with Crippen molar-refractivity contribution in [3.63, 3.8) is 0 Å². The normalized spacial score (nSPS) is 20.5. The lowest BCUT2D eigenvalue weighted by Crippen LogP contribution is -2.50. The summed E-state index contributed by atoms with van der Waals surface area (Å²) in [5, 5.41) is 10.2. The molecule has 25 heavy (non-hydrogen) atoms. The Labute approximate surface area is 150 Å². The summed E-state index contributed by atoms with van der Waals surface area (Å²) < 4.78 is 6.99. The zero-order chi connectivity index (χ0) is 17.8. The third-order valence-electron chi connectivity index (χ3n) is 4.28. The molecule has 2 aromatic rings. The van der Waals surface area contributed by atoms with Crippen molar-refractivity contribution < 1.29 is 14.6 Å². The van der Waals surface area contributed by atoms with E-state index in [-0.39, 0.29) is 24.6 Å². The van der Waals surface area contributed by atoms with Gasteiger partial charge in [0, 0.05) is 23.8 Å². The number of aliphatic hydroxyl groups is 1. The monoisotopic (exact) mass is 362 g/mol. The van der Waals surface area contributed by atoms with Crippen LogP contribution < -0.4 is 5.56 Å². The van der Waals surface area contributed by atoms with Crippen LogP contribution in [0.2, 0.25) is 5.02 Å². The van der Waals surface area contributed by atoms with Crippen molar-refractivity contribution in [3.05, 3.63) is 69.6 Å². The van der Waals surface area contributed by atoms with Gasteiger partial charge in [-0.15, -0.1) is 0 Å². The van der Waals surface area contributed by atoms with Crippen LogP contribution in [-0.2, 0) is 16.1 Å². The zero-order valence-corrected chi connectivity index (χ0v) is 14.3. The fourth-order valence-corrected chi connectivity index (χ4v) is 3.32. The number of rotatable bonds is 4. The summed E-state index contributed by atoms with van der Waals surface area (Å²) in [4.78, 5) is 26.4. The van der Waals surface area contributed by atoms with Crippen molar-refractivity contribution in [3.8, 4) is 0 Å². The molecule has 0 spiro atoms. The first-order chi connectivity index (χ1) is 12.1. The maximum atomic E-state index is 12.9. The van der Waals surface area contributed by atoms with E-state index in [0.717, 1.165) is 5.56 Å². The van der Waals surface area contributed by atoms with Gasteiger partial charge in [-0.25, -0.2) is 0 Å². The lowest BCUT2D eigenvalue weighted by atomic mass is 9.98. The molecule has 1 amide bonds. The number of hydrogen-bond donors (Lipinski definition) is 1. The van der Waals surface area contributed by atoms with Gasteiger partial charge in [0.25, 0.3) is 5.56 Å². The SMILES string of the molecule is O=C(Cn1ccccc1=O)N1CCO[C@@H](CO)[C@@H]1c1ccccc1Cl. The zero-order valence-electron chi connectivity index (χ0n) is 13.5. The molecule has 1 aromatic carbocycles. The van der Waals surface area contributed by atoms with Gasteiger partial charge < -0.3 is 19.3 Å². The Kier molecular flexibility index (Phi) is 5.53. The number of carbonyl (C=O) groups excluding carboxylic acids is 1. The van der Waals surface area contributed by atoms with E-state index in [1.807, 2.05) is 12.1 Å². The van der Waals surface area contributed by atoms with Gasteiger partial charge in [-0.2, -0.15) is 0 Å². The van der Waals surface area contributed by atoms with Crippen molar-refractivity contribution in [2.24, 2.45) is 0 Å². The first kappa shape index (κ1) is 17.7. The molecular formula is C18H19ClN2O4. The summed E-state index contributed by atoms with van der Waals surface area (Å²) in [5.41, 5.74) is 0.480. The topological polar surface area (TPSA) is 71.8 Å². The van der Waals surface area contributed by atoms with Crippen molar-refractivity contribution in [2.45, 2.75) is 18.7 Å². The summed E-state index contributed by atoms with van der Waals surface area (Å²) in [5.74, 6) is -0.222. The number of benzene rings is 1. The van der Waals surface area contributed by atoms with E-state index in [2.05, 4.69) is 0 Å². The minimum Gasteiger partial charge on any atom is -0.394 e. The highest BCUT2D eigenvalue weighted by molar-refractivity contribution is 6.31. The van der Waals surface area contributed by atoms with Crippen molar-refractivity contribution >= 4 is 17.5 Å². The van der Waals surface area contributed by atoms with Crippen molar-refractivity contribution in [2.75, 3.05) is 19.8 Å². The molecule has 0 aliphatic carbocycles. The molecule has 1 aliphatic rings. The summed E-state index contributed by atoms with van der Waals surface area (Å²) >= 11 is 6.30. The molecule has 3 rings (SSSR count). The van der Waals surface area contributed by atoms with Crippen molar-refractivity contribution in [1.82, 2.24) is 9.47 Å². The van der Waals surface area contributed by atoms with E-state index in [1.165, 1.54) is 10.6 Å². The highest BCUT2D eigenvalue weighted by atomic mass is 35.5. The average Bonchev–Trinajstić information content (AvgIpc) is 2.63. The number of aliphatic hydroxyl groups excluding tert-OH is 1. The number of carbonyl (C=O) groups is 1. The largest absolute Gasteiger partial charge is 0.394 e. The van der Waals surface area contributed by atoms with E-state index in [9.17, 15) is 14.7 Å². The number of ether oxygens (including phenoxy) is 1. The van der Waals surface area contributed by atoms with Gasteiger partial charge in [-0.1, -0.05) is 35.9 Å². The second-order valence-corrected chi connectivity index (χ2v) is 6.22. The molecule has 2 atom stereocenters. The van der Waals surface area contributed by atoms with Gasteiger partial charge in [-0.3, -0.25) is 9.59 Å². The van der Waals surface area contributed by atoms with Crippen LogP contribution >= 0.6 is 11.6 Å². The number of pyridine rings is 1. The van der Waals surface area contributed by atoms with E-state index in [4.69, 9.17) is 16.3 Å². The van der Waals surface area contributed by atoms with Gasteiger partial charge in [-0.05, 0) is 17.7 Å². The van der Waals surface area contributed by atoms with Crippen molar-refractivity contribution in [1.29, 1.82) is 0 Å². The molecule has 1 fully saturated rings. The number of halogens is 1. The maximum Gasteiger partial charge on any atom is 0.250 e. The molecule has 0 bridgehead atoms. The molecule has 1 N–H and O–H groups in total. The summed E-state index contributed by atoms with van der Waals surface area (Å²) in [7, 11) is 0. The van der Waals surface area contributed by atoms with E-state index >= 15 is 0 Å². The van der Waals surface area contributed by atoms with Crippen LogP contribution in [0.3, 0.4) is 0 Å². The molecular weight excluding hydrogens is 344 g/mol. The standard InChI is InChI=1S/C18H19ClN2O4/c19-14-6-2-1-5-13(14)18-15(12-22)25-10-9-21(18)17(24)11-20-8-4-3-7-16(20)23/h1-8,15,18,22H,9-12H2/t15-,18-/m0/s1. The Hall–Kier alpha value is -2.15. The number of nitrogens with zero attached hydrogens (tertiary/aromatic N) is 2. The maximum absolute atomic E-state index is 12.9. The van der Waals surface area contributed by atoms with Gasteiger partial charge in [0.15, 0.2) is 0 Å². The molecule has 1 aromatic heterocycles. The first-order valence-corrected chi connectivity index (χ1v) is 8.41. The Morgan fingerprint density at radius 1 is 1.24 bits per heavy atom. The average molecular weight is 363 g/mol. The molecule has 0 unspecified atom stereocenters. The highest BCUT2D eigenvalue weighted by Crippen LogP contribution is 2.34. The number of aromatic nitrogens is 1. The summed E-state index contributed by atoms with van der Waals surface area (Å²) in [6.07, 6.45) is 1.01. The van der Waals surface area contributed by atoms with E-state index in [1.54, 1.807) is 35.4 Å². The van der Waals surface area contributed by atoms with E-state index < -0.39 is 12.1 Å². The molecule has 132 valence electrons. The van der Waals surface area contributed by atoms with Gasteiger partial charge in [0.05, 0.1) is 19.3 Å². The lowest BCUT2D eigenvalue weighted by Gasteiger charge is -2.41. The van der Waals surface area contributed by atoms with Crippen LogP contribution in [0.15, 0.2) is 53.5 Å². The Morgan fingerprint density at radius 3 is 2.72 bits per heavy atom. The lowest BCUT2D eigenvalue weighted by molar-refractivity contribution is -0.150. The fraction of sp³-hybridized carbons (Fsp3) is 0.333. The molecule has 0 radical (unpaired) electrons. The quantitative estimate of drug-likeness (QED) is 0.894. The minimum absolute atomic E-state index is 0.0707. The molecule has 1 saturated heterocycles. The van der Waals surface area contributed by atoms with Gasteiger partial charge >= 0.3 is 0 Å². The number of morpholine rings is 1. The first-order valence-electron chi connectivity index (χ1n) is 8.03. The van der Waals surface area contributed by atoms with Gasteiger partial charge in [0.1, 0.15) is 12.6 Å². The third kappa shape index (κ3) is 3.76. The second-order valence-electron chi connectivity index (χ2n) is 5.81. The van der Waals surface area contributed by atoms with Crippen LogP contribution in [-0.4, -0.2) is 46.3 Å². The van der Waals surface area contributed by atoms with Crippen LogP contribution in [0.1, 0.15) is 11.6 Å². The summed E-state index contributed by atoms with van der Waals surface area (Å²) in [6, 6.07) is 11.4. The smallest absolute Gasteiger partial charge is 0.250 e. The molecule has 6 nitrogen and oxygen atoms in total. The Morgan fingerprint density at radius 2 is 2.00 bits per heavy atom. The molecule has 0 saturated carbocycles. The predicted octanol–water partition coefficient (Wildman–Crippen LogP) is 1.46. The third-order valence-corrected chi connectivity index (χ3v) is 4.63.